The van der Waals surface area contributed by atoms with Crippen LogP contribution in [0.3, 0.4) is 0 Å². The van der Waals surface area contributed by atoms with Crippen molar-refractivity contribution in [2.24, 2.45) is 0 Å². The fourth-order valence-corrected chi connectivity index (χ4v) is 2.82. The van der Waals surface area contributed by atoms with Crippen LogP contribution in [0.5, 0.6) is 0 Å². The molecule has 1 aliphatic heterocycles. The van der Waals surface area contributed by atoms with Crippen LogP contribution in [0.4, 0.5) is 4.39 Å². The van der Waals surface area contributed by atoms with Gasteiger partial charge in [0.15, 0.2) is 5.82 Å². The zero-order chi connectivity index (χ0) is 15.0. The van der Waals surface area contributed by atoms with Crippen molar-refractivity contribution in [3.8, 4) is 11.4 Å². The van der Waals surface area contributed by atoms with Gasteiger partial charge in [-0.25, -0.2) is 14.4 Å². The van der Waals surface area contributed by atoms with E-state index in [1.165, 1.54) is 17.7 Å². The van der Waals surface area contributed by atoms with Crippen molar-refractivity contribution in [3.63, 3.8) is 0 Å². The van der Waals surface area contributed by atoms with Gasteiger partial charge in [-0.2, -0.15) is 0 Å². The van der Waals surface area contributed by atoms with Gasteiger partial charge in [0, 0.05) is 12.1 Å². The molecule has 1 N–H and O–H groups in total. The molecular weight excluding hydrogens is 265 g/mol. The molecule has 0 fully saturated rings. The van der Waals surface area contributed by atoms with Crippen LogP contribution in [0, 0.1) is 12.7 Å². The Morgan fingerprint density at radius 3 is 2.81 bits per heavy atom. The second-order valence-electron chi connectivity index (χ2n) is 5.90. The third-order valence-corrected chi connectivity index (χ3v) is 3.96. The topological polar surface area (TPSA) is 37.8 Å². The van der Waals surface area contributed by atoms with Gasteiger partial charge in [0.05, 0.1) is 11.4 Å². The lowest BCUT2D eigenvalue weighted by Gasteiger charge is -2.22. The molecule has 0 spiro atoms. The lowest BCUT2D eigenvalue weighted by molar-refractivity contribution is 0.608. The van der Waals surface area contributed by atoms with E-state index in [0.717, 1.165) is 42.0 Å². The summed E-state index contributed by atoms with van der Waals surface area (Å²) in [5.41, 5.74) is 5.19. The second-order valence-corrected chi connectivity index (χ2v) is 5.90. The number of aromatic nitrogens is 2. The monoisotopic (exact) mass is 285 g/mol. The molecule has 0 radical (unpaired) electrons. The van der Waals surface area contributed by atoms with Gasteiger partial charge in [0.2, 0.25) is 0 Å². The number of halogens is 1. The molecule has 0 unspecified atom stereocenters. The first-order valence-electron chi connectivity index (χ1n) is 7.43. The quantitative estimate of drug-likeness (QED) is 0.919. The van der Waals surface area contributed by atoms with Gasteiger partial charge in [0.1, 0.15) is 5.82 Å². The molecule has 3 rings (SSSR count). The van der Waals surface area contributed by atoms with Crippen LogP contribution in [0.25, 0.3) is 11.4 Å². The summed E-state index contributed by atoms with van der Waals surface area (Å²) in [7, 11) is 0. The Bertz CT molecular complexity index is 680. The van der Waals surface area contributed by atoms with E-state index in [1.807, 2.05) is 6.92 Å². The van der Waals surface area contributed by atoms with Crippen molar-refractivity contribution < 1.29 is 4.39 Å². The average Bonchev–Trinajstić information content (AvgIpc) is 2.48. The zero-order valence-electron chi connectivity index (χ0n) is 12.7. The van der Waals surface area contributed by atoms with Gasteiger partial charge in [-0.05, 0) is 49.1 Å². The lowest BCUT2D eigenvalue weighted by Crippen LogP contribution is -2.27. The van der Waals surface area contributed by atoms with E-state index in [4.69, 9.17) is 4.98 Å². The number of hydrogen-bond donors (Lipinski definition) is 1. The number of rotatable bonds is 2. The number of aryl methyl sites for hydroxylation is 1. The molecule has 1 aliphatic rings. The maximum Gasteiger partial charge on any atom is 0.160 e. The third kappa shape index (κ3) is 2.68. The summed E-state index contributed by atoms with van der Waals surface area (Å²) >= 11 is 0. The van der Waals surface area contributed by atoms with Crippen LogP contribution in [-0.2, 0) is 13.0 Å². The molecule has 0 bridgehead atoms. The molecule has 21 heavy (non-hydrogen) atoms. The highest BCUT2D eigenvalue weighted by Gasteiger charge is 2.20. The fraction of sp³-hybridized carbons (Fsp3) is 0.412. The third-order valence-electron chi connectivity index (χ3n) is 3.96. The summed E-state index contributed by atoms with van der Waals surface area (Å²) in [4.78, 5) is 9.44. The van der Waals surface area contributed by atoms with Gasteiger partial charge in [-0.3, -0.25) is 0 Å². The van der Waals surface area contributed by atoms with Gasteiger partial charge in [-0.15, -0.1) is 0 Å². The minimum absolute atomic E-state index is 0.249. The molecule has 0 saturated carbocycles. The van der Waals surface area contributed by atoms with Crippen LogP contribution >= 0.6 is 0 Å². The fourth-order valence-electron chi connectivity index (χ4n) is 2.82. The van der Waals surface area contributed by atoms with Crippen LogP contribution in [0.2, 0.25) is 0 Å². The zero-order valence-corrected chi connectivity index (χ0v) is 12.7. The average molecular weight is 285 g/mol. The van der Waals surface area contributed by atoms with Gasteiger partial charge in [0.25, 0.3) is 0 Å². The molecular formula is C17H20FN3. The summed E-state index contributed by atoms with van der Waals surface area (Å²) < 4.78 is 13.6. The Balaban J connectivity index is 2.19. The summed E-state index contributed by atoms with van der Waals surface area (Å²) in [6.07, 6.45) is 0.964. The highest BCUT2D eigenvalue weighted by atomic mass is 19.1. The Labute approximate surface area is 124 Å². The Morgan fingerprint density at radius 1 is 1.24 bits per heavy atom. The molecule has 0 atom stereocenters. The predicted molar refractivity (Wildman–Crippen MR) is 81.7 cm³/mol. The van der Waals surface area contributed by atoms with E-state index in [2.05, 4.69) is 24.1 Å². The highest BCUT2D eigenvalue weighted by Crippen LogP contribution is 2.28. The summed E-state index contributed by atoms with van der Waals surface area (Å²) in [5, 5.41) is 3.35. The van der Waals surface area contributed by atoms with Gasteiger partial charge >= 0.3 is 0 Å². The number of nitrogens with zero attached hydrogens (tertiary/aromatic N) is 2. The van der Waals surface area contributed by atoms with E-state index in [1.54, 1.807) is 6.07 Å². The van der Waals surface area contributed by atoms with Crippen molar-refractivity contribution in [3.05, 3.63) is 46.5 Å². The molecule has 0 saturated heterocycles. The van der Waals surface area contributed by atoms with Crippen LogP contribution in [-0.4, -0.2) is 16.5 Å². The maximum atomic E-state index is 13.6. The van der Waals surface area contributed by atoms with Crippen LogP contribution in [0.15, 0.2) is 18.2 Å². The van der Waals surface area contributed by atoms with Crippen LogP contribution < -0.4 is 5.32 Å². The Kier molecular flexibility index (Phi) is 3.72. The van der Waals surface area contributed by atoms with E-state index in [9.17, 15) is 4.39 Å². The van der Waals surface area contributed by atoms with Crippen molar-refractivity contribution in [2.75, 3.05) is 6.54 Å². The molecule has 1 aromatic heterocycles. The largest absolute Gasteiger partial charge is 0.311 e. The van der Waals surface area contributed by atoms with Crippen molar-refractivity contribution in [2.45, 2.75) is 39.7 Å². The summed E-state index contributed by atoms with van der Waals surface area (Å²) in [5.74, 6) is 0.728. The minimum Gasteiger partial charge on any atom is -0.311 e. The second kappa shape index (κ2) is 5.53. The van der Waals surface area contributed by atoms with Gasteiger partial charge in [-0.1, -0.05) is 19.9 Å². The van der Waals surface area contributed by atoms with Crippen molar-refractivity contribution in [1.82, 2.24) is 15.3 Å². The molecule has 0 aliphatic carbocycles. The first-order valence-corrected chi connectivity index (χ1v) is 7.43. The normalized spacial score (nSPS) is 14.3. The highest BCUT2D eigenvalue weighted by molar-refractivity contribution is 5.61. The van der Waals surface area contributed by atoms with E-state index in [-0.39, 0.29) is 5.82 Å². The Hall–Kier alpha value is -1.81. The number of nitrogens with one attached hydrogen (secondary N) is 1. The molecule has 2 heterocycles. The summed E-state index contributed by atoms with van der Waals surface area (Å²) in [6, 6.07) is 4.78. The summed E-state index contributed by atoms with van der Waals surface area (Å²) in [6.45, 7) is 7.98. The SMILES string of the molecule is Cc1ccc(F)cc1-c1nc2c(c(C(C)C)n1)CCNC2. The molecule has 2 aromatic rings. The smallest absolute Gasteiger partial charge is 0.160 e. The minimum atomic E-state index is -0.249. The molecule has 0 amide bonds. The first-order chi connectivity index (χ1) is 10.1. The van der Waals surface area contributed by atoms with Crippen molar-refractivity contribution >= 4 is 0 Å². The molecule has 110 valence electrons. The Morgan fingerprint density at radius 2 is 2.05 bits per heavy atom. The van der Waals surface area contributed by atoms with E-state index < -0.39 is 0 Å². The van der Waals surface area contributed by atoms with Gasteiger partial charge < -0.3 is 5.32 Å². The van der Waals surface area contributed by atoms with E-state index in [0.29, 0.717) is 11.7 Å². The number of fused-ring (bicyclic) bond motifs is 1. The van der Waals surface area contributed by atoms with E-state index >= 15 is 0 Å². The molecule has 4 heteroatoms. The maximum absolute atomic E-state index is 13.6. The van der Waals surface area contributed by atoms with Crippen molar-refractivity contribution in [1.29, 1.82) is 0 Å². The standard InChI is InChI=1S/C17H20FN3/c1-10(2)16-13-6-7-19-9-15(13)20-17(21-16)14-8-12(18)5-4-11(14)3/h4-5,8,10,19H,6-7,9H2,1-3H3. The molecule has 1 aromatic carbocycles. The number of hydrogen-bond acceptors (Lipinski definition) is 3. The molecule has 3 nitrogen and oxygen atoms in total. The van der Waals surface area contributed by atoms with Crippen LogP contribution in [0.1, 0.15) is 42.3 Å². The number of benzene rings is 1. The first kappa shape index (κ1) is 14.1. The lowest BCUT2D eigenvalue weighted by atomic mass is 9.96. The predicted octanol–water partition coefficient (Wildman–Crippen LogP) is 3.36.